The van der Waals surface area contributed by atoms with Gasteiger partial charge in [-0.3, -0.25) is 4.79 Å². The van der Waals surface area contributed by atoms with E-state index >= 15 is 0 Å². The number of hydrogen-bond acceptors (Lipinski definition) is 6. The Morgan fingerprint density at radius 3 is 2.48 bits per heavy atom. The van der Waals surface area contributed by atoms with E-state index in [2.05, 4.69) is 10.3 Å². The molecule has 7 nitrogen and oxygen atoms in total. The third-order valence-corrected chi connectivity index (χ3v) is 4.53. The Balaban J connectivity index is 1.97. The molecule has 1 amide bonds. The highest BCUT2D eigenvalue weighted by Gasteiger charge is 2.18. The van der Waals surface area contributed by atoms with E-state index in [1.807, 2.05) is 0 Å². The van der Waals surface area contributed by atoms with Crippen LogP contribution in [0.1, 0.15) is 26.3 Å². The monoisotopic (exact) mass is 414 g/mol. The Hall–Kier alpha value is -3.32. The molecule has 0 spiro atoms. The summed E-state index contributed by atoms with van der Waals surface area (Å²) in [6.07, 6.45) is 0. The quantitative estimate of drug-likeness (QED) is 0.620. The molecule has 1 N–H and O–H groups in total. The number of carbonyl (C=O) groups is 2. The number of esters is 1. The van der Waals surface area contributed by atoms with Gasteiger partial charge in [0, 0.05) is 17.0 Å². The summed E-state index contributed by atoms with van der Waals surface area (Å²) >= 11 is 6.24. The summed E-state index contributed by atoms with van der Waals surface area (Å²) in [6.45, 7) is 0.168. The minimum Gasteiger partial charge on any atom is -0.496 e. The first-order chi connectivity index (χ1) is 14.0. The fraction of sp³-hybridized carbons (Fsp3) is 0.190. The van der Waals surface area contributed by atoms with Crippen molar-refractivity contribution in [2.75, 3.05) is 21.3 Å². The molecule has 8 heteroatoms. The lowest BCUT2D eigenvalue weighted by molar-refractivity contribution is 0.0596. The van der Waals surface area contributed by atoms with Gasteiger partial charge in [0.2, 0.25) is 5.88 Å². The molecule has 150 valence electrons. The van der Waals surface area contributed by atoms with Gasteiger partial charge in [0.25, 0.3) is 5.91 Å². The zero-order chi connectivity index (χ0) is 21.0. The van der Waals surface area contributed by atoms with Crippen LogP contribution in [-0.2, 0) is 11.3 Å². The van der Waals surface area contributed by atoms with Gasteiger partial charge in [0.1, 0.15) is 11.3 Å². The van der Waals surface area contributed by atoms with Crippen LogP contribution in [-0.4, -0.2) is 38.2 Å². The van der Waals surface area contributed by atoms with Gasteiger partial charge in [0.15, 0.2) is 0 Å². The molecule has 1 aromatic heterocycles. The number of ether oxygens (including phenoxy) is 3. The van der Waals surface area contributed by atoms with Gasteiger partial charge in [-0.1, -0.05) is 23.7 Å². The second-order valence-electron chi connectivity index (χ2n) is 6.06. The molecule has 3 rings (SSSR count). The number of methoxy groups -OCH3 is 3. The molecule has 0 saturated heterocycles. The number of rotatable bonds is 6. The van der Waals surface area contributed by atoms with Crippen LogP contribution in [0.25, 0.3) is 10.9 Å². The average molecular weight is 415 g/mol. The van der Waals surface area contributed by atoms with Crippen molar-refractivity contribution in [2.45, 2.75) is 6.54 Å². The Labute approximate surface area is 172 Å². The van der Waals surface area contributed by atoms with Crippen LogP contribution in [0.4, 0.5) is 0 Å². The molecule has 0 saturated carbocycles. The van der Waals surface area contributed by atoms with Crippen molar-refractivity contribution in [3.05, 3.63) is 64.2 Å². The van der Waals surface area contributed by atoms with E-state index in [0.717, 1.165) is 0 Å². The summed E-state index contributed by atoms with van der Waals surface area (Å²) in [5, 5.41) is 3.92. The molecule has 0 radical (unpaired) electrons. The zero-order valence-electron chi connectivity index (χ0n) is 16.1. The zero-order valence-corrected chi connectivity index (χ0v) is 16.9. The number of nitrogens with zero attached hydrogens (tertiary/aromatic N) is 1. The number of hydrogen-bond donors (Lipinski definition) is 1. The van der Waals surface area contributed by atoms with Gasteiger partial charge in [0.05, 0.1) is 32.4 Å². The van der Waals surface area contributed by atoms with Gasteiger partial charge in [-0.15, -0.1) is 0 Å². The minimum absolute atomic E-state index is 0.129. The van der Waals surface area contributed by atoms with Gasteiger partial charge in [-0.25, -0.2) is 9.78 Å². The second kappa shape index (κ2) is 8.79. The summed E-state index contributed by atoms with van der Waals surface area (Å²) < 4.78 is 15.2. The topological polar surface area (TPSA) is 86.8 Å². The van der Waals surface area contributed by atoms with Crippen molar-refractivity contribution < 1.29 is 23.8 Å². The first kappa shape index (κ1) is 20.4. The predicted octanol–water partition coefficient (Wildman–Crippen LogP) is 3.62. The minimum atomic E-state index is -0.567. The maximum Gasteiger partial charge on any atom is 0.343 e. The van der Waals surface area contributed by atoms with Crippen LogP contribution in [0, 0.1) is 0 Å². The smallest absolute Gasteiger partial charge is 0.343 e. The number of halogens is 1. The van der Waals surface area contributed by atoms with Gasteiger partial charge in [-0.05, 0) is 35.9 Å². The maximum atomic E-state index is 12.6. The fourth-order valence-corrected chi connectivity index (χ4v) is 3.20. The third-order valence-electron chi connectivity index (χ3n) is 4.32. The fourth-order valence-electron chi connectivity index (χ4n) is 2.95. The summed E-state index contributed by atoms with van der Waals surface area (Å²) in [5.74, 6) is -0.261. The highest BCUT2D eigenvalue weighted by molar-refractivity contribution is 6.31. The predicted molar refractivity (Wildman–Crippen MR) is 109 cm³/mol. The Morgan fingerprint density at radius 1 is 1.03 bits per heavy atom. The van der Waals surface area contributed by atoms with Crippen molar-refractivity contribution in [3.63, 3.8) is 0 Å². The molecule has 0 bridgehead atoms. The van der Waals surface area contributed by atoms with Crippen LogP contribution in [0.5, 0.6) is 11.6 Å². The van der Waals surface area contributed by atoms with Gasteiger partial charge < -0.3 is 19.5 Å². The van der Waals surface area contributed by atoms with Crippen molar-refractivity contribution >= 4 is 34.4 Å². The number of carbonyl (C=O) groups excluding carboxylic acids is 2. The SMILES string of the molecule is COC(=O)c1cc2cc(Cl)cc(CNC(=O)c3ccccc3OC)c2nc1OC. The lowest BCUT2D eigenvalue weighted by Gasteiger charge is -2.13. The van der Waals surface area contributed by atoms with Crippen molar-refractivity contribution in [2.24, 2.45) is 0 Å². The van der Waals surface area contributed by atoms with Crippen LogP contribution in [0.3, 0.4) is 0 Å². The number of para-hydroxylation sites is 1. The van der Waals surface area contributed by atoms with Crippen molar-refractivity contribution in [3.8, 4) is 11.6 Å². The molecule has 3 aromatic rings. The highest BCUT2D eigenvalue weighted by atomic mass is 35.5. The van der Waals surface area contributed by atoms with Crippen molar-refractivity contribution in [1.29, 1.82) is 0 Å². The largest absolute Gasteiger partial charge is 0.496 e. The molecular formula is C21H19ClN2O5. The van der Waals surface area contributed by atoms with Crippen LogP contribution < -0.4 is 14.8 Å². The van der Waals surface area contributed by atoms with E-state index in [-0.39, 0.29) is 23.9 Å². The second-order valence-corrected chi connectivity index (χ2v) is 6.49. The third kappa shape index (κ3) is 4.25. The first-order valence-electron chi connectivity index (χ1n) is 8.65. The van der Waals surface area contributed by atoms with E-state index in [9.17, 15) is 9.59 Å². The first-order valence-corrected chi connectivity index (χ1v) is 9.03. The molecule has 1 heterocycles. The lowest BCUT2D eigenvalue weighted by Crippen LogP contribution is -2.23. The normalized spacial score (nSPS) is 10.5. The molecule has 0 aliphatic heterocycles. The Kier molecular flexibility index (Phi) is 6.19. The molecule has 0 atom stereocenters. The number of aromatic nitrogens is 1. The molecule has 0 fully saturated rings. The summed E-state index contributed by atoms with van der Waals surface area (Å²) in [7, 11) is 4.20. The highest BCUT2D eigenvalue weighted by Crippen LogP contribution is 2.28. The molecule has 0 aliphatic carbocycles. The van der Waals surface area contributed by atoms with E-state index < -0.39 is 5.97 Å². The van der Waals surface area contributed by atoms with Gasteiger partial charge in [-0.2, -0.15) is 0 Å². The van der Waals surface area contributed by atoms with E-state index in [0.29, 0.717) is 32.8 Å². The number of fused-ring (bicyclic) bond motifs is 1. The molecular weight excluding hydrogens is 396 g/mol. The Bertz CT molecular complexity index is 1080. The summed E-state index contributed by atoms with van der Waals surface area (Å²) in [4.78, 5) is 29.0. The Morgan fingerprint density at radius 2 is 1.79 bits per heavy atom. The number of amides is 1. The molecule has 2 aromatic carbocycles. The average Bonchev–Trinajstić information content (AvgIpc) is 2.75. The van der Waals surface area contributed by atoms with Crippen LogP contribution in [0.2, 0.25) is 5.02 Å². The van der Waals surface area contributed by atoms with E-state index in [1.54, 1.807) is 42.5 Å². The number of nitrogens with one attached hydrogen (secondary N) is 1. The standard InChI is InChI=1S/C21H19ClN2O5/c1-27-17-7-5-4-6-15(17)19(25)23-11-13-9-14(22)8-12-10-16(21(26)29-3)20(28-2)24-18(12)13/h4-10H,11H2,1-3H3,(H,23,25). The maximum absolute atomic E-state index is 12.6. The van der Waals surface area contributed by atoms with E-state index in [1.165, 1.54) is 21.3 Å². The van der Waals surface area contributed by atoms with Crippen molar-refractivity contribution in [1.82, 2.24) is 10.3 Å². The molecule has 0 aliphatic rings. The van der Waals surface area contributed by atoms with Crippen LogP contribution >= 0.6 is 11.6 Å². The van der Waals surface area contributed by atoms with E-state index in [4.69, 9.17) is 25.8 Å². The number of pyridine rings is 1. The van der Waals surface area contributed by atoms with Crippen LogP contribution in [0.15, 0.2) is 42.5 Å². The lowest BCUT2D eigenvalue weighted by atomic mass is 10.1. The van der Waals surface area contributed by atoms with Gasteiger partial charge >= 0.3 is 5.97 Å². The molecule has 29 heavy (non-hydrogen) atoms. The number of benzene rings is 2. The summed E-state index contributed by atoms with van der Waals surface area (Å²) in [6, 6.07) is 11.9. The molecule has 0 unspecified atom stereocenters. The summed E-state index contributed by atoms with van der Waals surface area (Å²) in [5.41, 5.74) is 1.83.